The Labute approximate surface area is 120 Å². The van der Waals surface area contributed by atoms with Crippen LogP contribution in [-0.2, 0) is 26.6 Å². The van der Waals surface area contributed by atoms with Crippen LogP contribution in [0, 0.1) is 0 Å². The number of rotatable bonds is 6. The second-order valence-corrected chi connectivity index (χ2v) is 8.49. The standard InChI is InChI=1S/C11H19N3O4S2/c1-9(2)14(3)20(17,18)13-8-10-5-6-11(12-7-10)19(4,15)16/h5-7,9,13H,8H2,1-4H3. The van der Waals surface area contributed by atoms with E-state index in [-0.39, 0.29) is 17.6 Å². The van der Waals surface area contributed by atoms with Crippen LogP contribution in [0.1, 0.15) is 19.4 Å². The molecule has 7 nitrogen and oxygen atoms in total. The van der Waals surface area contributed by atoms with E-state index in [1.54, 1.807) is 13.8 Å². The number of nitrogens with zero attached hydrogens (tertiary/aromatic N) is 2. The molecule has 0 bridgehead atoms. The first-order valence-electron chi connectivity index (χ1n) is 5.91. The van der Waals surface area contributed by atoms with E-state index in [0.29, 0.717) is 5.56 Å². The number of pyridine rings is 1. The Morgan fingerprint density at radius 1 is 1.25 bits per heavy atom. The van der Waals surface area contributed by atoms with Crippen LogP contribution < -0.4 is 4.72 Å². The van der Waals surface area contributed by atoms with Gasteiger partial charge in [-0.1, -0.05) is 6.07 Å². The third-order valence-electron chi connectivity index (χ3n) is 2.74. The fourth-order valence-corrected chi connectivity index (χ4v) is 2.96. The third kappa shape index (κ3) is 4.51. The summed E-state index contributed by atoms with van der Waals surface area (Å²) in [5, 5.41) is -0.0385. The van der Waals surface area contributed by atoms with Crippen molar-refractivity contribution in [3.8, 4) is 0 Å². The molecule has 1 heterocycles. The topological polar surface area (TPSA) is 96.4 Å². The summed E-state index contributed by atoms with van der Waals surface area (Å²) in [7, 11) is -5.42. The summed E-state index contributed by atoms with van der Waals surface area (Å²) in [6.07, 6.45) is 2.41. The maximum absolute atomic E-state index is 11.9. The Kier molecular flexibility index (Phi) is 5.25. The van der Waals surface area contributed by atoms with Crippen LogP contribution in [0.5, 0.6) is 0 Å². The van der Waals surface area contributed by atoms with Crippen molar-refractivity contribution in [2.75, 3.05) is 13.3 Å². The maximum Gasteiger partial charge on any atom is 0.279 e. The molecule has 114 valence electrons. The van der Waals surface area contributed by atoms with E-state index < -0.39 is 20.0 Å². The molecule has 0 radical (unpaired) electrons. The summed E-state index contributed by atoms with van der Waals surface area (Å²) in [5.74, 6) is 0. The molecule has 9 heteroatoms. The first-order valence-corrected chi connectivity index (χ1v) is 9.25. The van der Waals surface area contributed by atoms with Crippen molar-refractivity contribution in [3.63, 3.8) is 0 Å². The molecule has 0 spiro atoms. The first kappa shape index (κ1) is 17.0. The van der Waals surface area contributed by atoms with Gasteiger partial charge in [-0.15, -0.1) is 0 Å². The Bertz CT molecular complexity index is 651. The Hall–Kier alpha value is -1.03. The summed E-state index contributed by atoms with van der Waals surface area (Å²) in [5.41, 5.74) is 0.582. The normalized spacial score (nSPS) is 13.1. The molecule has 0 unspecified atom stereocenters. The van der Waals surface area contributed by atoms with E-state index in [2.05, 4.69) is 9.71 Å². The highest BCUT2D eigenvalue weighted by Crippen LogP contribution is 2.07. The summed E-state index contributed by atoms with van der Waals surface area (Å²) in [6, 6.07) is 2.73. The quantitative estimate of drug-likeness (QED) is 0.805. The van der Waals surface area contributed by atoms with E-state index in [4.69, 9.17) is 0 Å². The second kappa shape index (κ2) is 6.17. The van der Waals surface area contributed by atoms with E-state index in [1.165, 1.54) is 29.7 Å². The molecule has 0 fully saturated rings. The fraction of sp³-hybridized carbons (Fsp3) is 0.545. The highest BCUT2D eigenvalue weighted by molar-refractivity contribution is 7.90. The molecule has 20 heavy (non-hydrogen) atoms. The molecule has 1 rings (SSSR count). The molecule has 0 atom stereocenters. The molecule has 0 saturated carbocycles. The molecule has 0 aliphatic carbocycles. The van der Waals surface area contributed by atoms with Crippen molar-refractivity contribution in [2.24, 2.45) is 0 Å². The number of hydrogen-bond acceptors (Lipinski definition) is 5. The Morgan fingerprint density at radius 3 is 2.25 bits per heavy atom. The average Bonchev–Trinajstić information content (AvgIpc) is 2.35. The molecular weight excluding hydrogens is 302 g/mol. The van der Waals surface area contributed by atoms with Gasteiger partial charge in [0.05, 0.1) is 0 Å². The van der Waals surface area contributed by atoms with Gasteiger partial charge in [-0.25, -0.2) is 13.4 Å². The van der Waals surface area contributed by atoms with Crippen LogP contribution >= 0.6 is 0 Å². The van der Waals surface area contributed by atoms with Crippen molar-refractivity contribution in [3.05, 3.63) is 23.9 Å². The highest BCUT2D eigenvalue weighted by atomic mass is 32.2. The van der Waals surface area contributed by atoms with E-state index in [1.807, 2.05) is 0 Å². The van der Waals surface area contributed by atoms with Crippen molar-refractivity contribution in [1.29, 1.82) is 0 Å². The van der Waals surface area contributed by atoms with Crippen molar-refractivity contribution in [1.82, 2.24) is 14.0 Å². The molecule has 0 saturated heterocycles. The van der Waals surface area contributed by atoms with Gasteiger partial charge in [0.1, 0.15) is 0 Å². The minimum absolute atomic E-state index is 0.0385. The molecule has 0 aliphatic heterocycles. The smallest absolute Gasteiger partial charge is 0.244 e. The van der Waals surface area contributed by atoms with Crippen molar-refractivity contribution < 1.29 is 16.8 Å². The Morgan fingerprint density at radius 2 is 1.85 bits per heavy atom. The summed E-state index contributed by atoms with van der Waals surface area (Å²) in [6.45, 7) is 3.58. The monoisotopic (exact) mass is 321 g/mol. The lowest BCUT2D eigenvalue weighted by molar-refractivity contribution is 0.402. The second-order valence-electron chi connectivity index (χ2n) is 4.71. The van der Waals surface area contributed by atoms with Gasteiger partial charge in [0.15, 0.2) is 14.9 Å². The molecule has 1 aromatic heterocycles. The van der Waals surface area contributed by atoms with Crippen LogP contribution in [0.3, 0.4) is 0 Å². The molecular formula is C11H19N3O4S2. The predicted molar refractivity (Wildman–Crippen MR) is 76.0 cm³/mol. The lowest BCUT2D eigenvalue weighted by Crippen LogP contribution is -2.41. The summed E-state index contributed by atoms with van der Waals surface area (Å²) >= 11 is 0. The SMILES string of the molecule is CC(C)N(C)S(=O)(=O)NCc1ccc(S(C)(=O)=O)nc1. The van der Waals surface area contributed by atoms with Crippen LogP contribution in [0.15, 0.2) is 23.4 Å². The van der Waals surface area contributed by atoms with Gasteiger partial charge in [-0.05, 0) is 25.5 Å². The maximum atomic E-state index is 11.9. The van der Waals surface area contributed by atoms with Gasteiger partial charge in [-0.3, -0.25) is 0 Å². The molecule has 1 N–H and O–H groups in total. The van der Waals surface area contributed by atoms with Gasteiger partial charge < -0.3 is 0 Å². The van der Waals surface area contributed by atoms with E-state index in [0.717, 1.165) is 6.26 Å². The largest absolute Gasteiger partial charge is 0.279 e. The van der Waals surface area contributed by atoms with Gasteiger partial charge in [-0.2, -0.15) is 17.4 Å². The zero-order chi connectivity index (χ0) is 15.6. The zero-order valence-corrected chi connectivity index (χ0v) is 13.5. The molecule has 0 aliphatic rings. The van der Waals surface area contributed by atoms with Crippen molar-refractivity contribution in [2.45, 2.75) is 31.5 Å². The van der Waals surface area contributed by atoms with Gasteiger partial charge >= 0.3 is 0 Å². The number of sulfone groups is 1. The lowest BCUT2D eigenvalue weighted by Gasteiger charge is -2.21. The highest BCUT2D eigenvalue weighted by Gasteiger charge is 2.19. The van der Waals surface area contributed by atoms with E-state index >= 15 is 0 Å². The summed E-state index contributed by atoms with van der Waals surface area (Å²) < 4.78 is 49.9. The Balaban J connectivity index is 2.77. The zero-order valence-electron chi connectivity index (χ0n) is 11.9. The third-order valence-corrected chi connectivity index (χ3v) is 5.43. The summed E-state index contributed by atoms with van der Waals surface area (Å²) in [4.78, 5) is 3.79. The minimum Gasteiger partial charge on any atom is -0.244 e. The first-order chi connectivity index (χ1) is 9.04. The van der Waals surface area contributed by atoms with Crippen LogP contribution in [0.25, 0.3) is 0 Å². The average molecular weight is 321 g/mol. The molecule has 1 aromatic rings. The fourth-order valence-electron chi connectivity index (χ4n) is 1.29. The number of hydrogen-bond donors (Lipinski definition) is 1. The van der Waals surface area contributed by atoms with Gasteiger partial charge in [0.2, 0.25) is 0 Å². The molecule has 0 amide bonds. The molecule has 0 aromatic carbocycles. The van der Waals surface area contributed by atoms with E-state index in [9.17, 15) is 16.8 Å². The van der Waals surface area contributed by atoms with Crippen molar-refractivity contribution >= 4 is 20.0 Å². The van der Waals surface area contributed by atoms with Gasteiger partial charge in [0, 0.05) is 32.1 Å². The van der Waals surface area contributed by atoms with Gasteiger partial charge in [0.25, 0.3) is 10.2 Å². The predicted octanol–water partition coefficient (Wildman–Crippen LogP) is 0.160. The van der Waals surface area contributed by atoms with Crippen LogP contribution in [0.2, 0.25) is 0 Å². The van der Waals surface area contributed by atoms with Crippen LogP contribution in [0.4, 0.5) is 0 Å². The van der Waals surface area contributed by atoms with Crippen LogP contribution in [-0.4, -0.2) is 45.5 Å². The number of aromatic nitrogens is 1. The number of nitrogens with one attached hydrogen (secondary N) is 1. The minimum atomic E-state index is -3.56. The lowest BCUT2D eigenvalue weighted by atomic mass is 10.3.